The number of ketones is 1. The van der Waals surface area contributed by atoms with E-state index < -0.39 is 5.92 Å². The lowest BCUT2D eigenvalue weighted by Crippen LogP contribution is -2.26. The highest BCUT2D eigenvalue weighted by Gasteiger charge is 2.34. The third kappa shape index (κ3) is 3.81. The highest BCUT2D eigenvalue weighted by molar-refractivity contribution is 8.02. The first-order valence-electron chi connectivity index (χ1n) is 8.33. The molecule has 1 aliphatic heterocycles. The Morgan fingerprint density at radius 2 is 1.96 bits per heavy atom. The molecule has 0 saturated heterocycles. The van der Waals surface area contributed by atoms with Crippen LogP contribution < -0.4 is 5.32 Å². The second kappa shape index (κ2) is 7.99. The quantitative estimate of drug-likeness (QED) is 0.834. The van der Waals surface area contributed by atoms with Gasteiger partial charge in [-0.2, -0.15) is 10.5 Å². The normalized spacial score (nSPS) is 16.5. The second-order valence-corrected chi connectivity index (χ2v) is 7.11. The summed E-state index contributed by atoms with van der Waals surface area (Å²) in [4.78, 5) is 12.2. The van der Waals surface area contributed by atoms with Crippen LogP contribution in [0.4, 0.5) is 0 Å². The Kier molecular flexibility index (Phi) is 5.49. The molecule has 27 heavy (non-hydrogen) atoms. The van der Waals surface area contributed by atoms with Crippen LogP contribution in [0.3, 0.4) is 0 Å². The first kappa shape index (κ1) is 18.6. The Morgan fingerprint density at radius 3 is 2.52 bits per heavy atom. The lowest BCUT2D eigenvalue weighted by atomic mass is 9.84. The average molecular weight is 375 g/mol. The molecule has 0 fully saturated rings. The van der Waals surface area contributed by atoms with Gasteiger partial charge in [0.15, 0.2) is 5.78 Å². The van der Waals surface area contributed by atoms with Gasteiger partial charge in [-0.15, -0.1) is 11.8 Å². The molecule has 0 amide bonds. The lowest BCUT2D eigenvalue weighted by Gasteiger charge is -2.27. The van der Waals surface area contributed by atoms with Crippen molar-refractivity contribution in [2.24, 2.45) is 0 Å². The van der Waals surface area contributed by atoms with Crippen molar-refractivity contribution in [3.05, 3.63) is 81.4 Å². The summed E-state index contributed by atoms with van der Waals surface area (Å²) in [5.41, 5.74) is 3.40. The number of carbonyl (C=O) groups is 1. The number of carbonyl (C=O) groups excluding carboxylic acids is 1. The Hall–Kier alpha value is -3.22. The molecule has 0 radical (unpaired) electrons. The van der Waals surface area contributed by atoms with Gasteiger partial charge in [0.05, 0.1) is 40.5 Å². The zero-order valence-electron chi connectivity index (χ0n) is 14.9. The molecule has 5 nitrogen and oxygen atoms in total. The van der Waals surface area contributed by atoms with E-state index >= 15 is 0 Å². The van der Waals surface area contributed by atoms with E-state index in [2.05, 4.69) is 17.5 Å². The molecule has 1 N–H and O–H groups in total. The summed E-state index contributed by atoms with van der Waals surface area (Å²) in [6.45, 7) is 3.34. The number of allylic oxidation sites excluding steroid dienone is 3. The summed E-state index contributed by atoms with van der Waals surface area (Å²) in [5.74, 6) is 0.610. The molecule has 1 aromatic heterocycles. The van der Waals surface area contributed by atoms with Gasteiger partial charge < -0.3 is 9.73 Å². The molecule has 2 aromatic rings. The van der Waals surface area contributed by atoms with Gasteiger partial charge in [-0.25, -0.2) is 0 Å². The fourth-order valence-electron chi connectivity index (χ4n) is 3.06. The van der Waals surface area contributed by atoms with E-state index in [1.54, 1.807) is 30.5 Å². The Labute approximate surface area is 162 Å². The molecule has 0 saturated carbocycles. The van der Waals surface area contributed by atoms with Crippen molar-refractivity contribution in [3.8, 4) is 12.1 Å². The monoisotopic (exact) mass is 375 g/mol. The minimum atomic E-state index is -0.507. The van der Waals surface area contributed by atoms with Crippen molar-refractivity contribution >= 4 is 17.5 Å². The van der Waals surface area contributed by atoms with Gasteiger partial charge in [0.25, 0.3) is 0 Å². The van der Waals surface area contributed by atoms with Crippen LogP contribution in [0.25, 0.3) is 0 Å². The molecule has 1 atom stereocenters. The molecule has 6 heteroatoms. The number of nitrogens with zero attached hydrogens (tertiary/aromatic N) is 2. The van der Waals surface area contributed by atoms with Gasteiger partial charge in [-0.3, -0.25) is 4.79 Å². The van der Waals surface area contributed by atoms with Gasteiger partial charge >= 0.3 is 0 Å². The van der Waals surface area contributed by atoms with Crippen molar-refractivity contribution in [2.45, 2.75) is 25.5 Å². The zero-order chi connectivity index (χ0) is 19.4. The van der Waals surface area contributed by atoms with E-state index in [0.717, 1.165) is 11.3 Å². The summed E-state index contributed by atoms with van der Waals surface area (Å²) >= 11 is 1.49. The van der Waals surface area contributed by atoms with Crippen molar-refractivity contribution in [1.82, 2.24) is 5.32 Å². The third-order valence-electron chi connectivity index (χ3n) is 4.32. The van der Waals surface area contributed by atoms with Gasteiger partial charge in [0, 0.05) is 17.0 Å². The van der Waals surface area contributed by atoms with E-state index in [1.165, 1.54) is 18.7 Å². The van der Waals surface area contributed by atoms with E-state index in [1.807, 2.05) is 19.1 Å². The predicted molar refractivity (Wildman–Crippen MR) is 103 cm³/mol. The lowest BCUT2D eigenvalue weighted by molar-refractivity contribution is -0.113. The van der Waals surface area contributed by atoms with Crippen LogP contribution in [0.1, 0.15) is 36.7 Å². The van der Waals surface area contributed by atoms with Crippen LogP contribution in [0.5, 0.6) is 0 Å². The molecule has 1 aliphatic rings. The number of rotatable bonds is 5. The van der Waals surface area contributed by atoms with Crippen LogP contribution in [-0.2, 0) is 10.5 Å². The Bertz CT molecular complexity index is 1000. The molecule has 3 rings (SSSR count). The number of thioether (sulfide) groups is 1. The number of hydrogen-bond donors (Lipinski definition) is 1. The second-order valence-electron chi connectivity index (χ2n) is 6.12. The van der Waals surface area contributed by atoms with Gasteiger partial charge in [-0.05, 0) is 43.7 Å². The largest absolute Gasteiger partial charge is 0.468 e. The van der Waals surface area contributed by atoms with E-state index in [9.17, 15) is 10.1 Å². The number of nitrogens with one attached hydrogen (secondary N) is 1. The summed E-state index contributed by atoms with van der Waals surface area (Å²) in [6.07, 6.45) is 1.54. The first-order valence-corrected chi connectivity index (χ1v) is 9.32. The molecule has 1 aromatic carbocycles. The molecule has 0 bridgehead atoms. The fraction of sp³-hybridized carbons (Fsp3) is 0.190. The standard InChI is InChI=1S/C21H17N3O2S/c1-13-19(14(2)25)20(18-4-3-9-26-18)17(11-23)21(24-13)27-12-16-7-5-15(10-22)6-8-16/h3-9,20,24H,12H2,1-2H3/t20-/m1/s1. The molecule has 134 valence electrons. The highest BCUT2D eigenvalue weighted by atomic mass is 32.2. The van der Waals surface area contributed by atoms with E-state index in [0.29, 0.717) is 33.3 Å². The van der Waals surface area contributed by atoms with Crippen molar-refractivity contribution in [3.63, 3.8) is 0 Å². The number of nitriles is 2. The molecular formula is C21H17N3O2S. The number of hydrogen-bond acceptors (Lipinski definition) is 6. The van der Waals surface area contributed by atoms with Crippen LogP contribution in [0.15, 0.2) is 69.0 Å². The van der Waals surface area contributed by atoms with Crippen LogP contribution in [0.2, 0.25) is 0 Å². The predicted octanol–water partition coefficient (Wildman–Crippen LogP) is 4.37. The zero-order valence-corrected chi connectivity index (χ0v) is 15.8. The maximum atomic E-state index is 12.2. The number of dihydropyridines is 1. The summed E-state index contributed by atoms with van der Waals surface area (Å²) in [7, 11) is 0. The molecule has 0 aliphatic carbocycles. The van der Waals surface area contributed by atoms with Crippen molar-refractivity contribution in [2.75, 3.05) is 0 Å². The minimum Gasteiger partial charge on any atom is -0.468 e. The van der Waals surface area contributed by atoms with Crippen molar-refractivity contribution in [1.29, 1.82) is 10.5 Å². The number of Topliss-reactive ketones (excluding diaryl/α,β-unsaturated/α-hetero) is 1. The van der Waals surface area contributed by atoms with E-state index in [-0.39, 0.29) is 5.78 Å². The van der Waals surface area contributed by atoms with Gasteiger partial charge in [0.1, 0.15) is 5.76 Å². The molecule has 0 spiro atoms. The molecule has 0 unspecified atom stereocenters. The van der Waals surface area contributed by atoms with Crippen LogP contribution in [-0.4, -0.2) is 5.78 Å². The maximum Gasteiger partial charge on any atom is 0.158 e. The smallest absolute Gasteiger partial charge is 0.158 e. The van der Waals surface area contributed by atoms with Gasteiger partial charge in [-0.1, -0.05) is 12.1 Å². The average Bonchev–Trinajstić information content (AvgIpc) is 3.20. The van der Waals surface area contributed by atoms with Crippen LogP contribution >= 0.6 is 11.8 Å². The van der Waals surface area contributed by atoms with E-state index in [4.69, 9.17) is 9.68 Å². The number of furan rings is 1. The minimum absolute atomic E-state index is 0.0923. The van der Waals surface area contributed by atoms with Crippen molar-refractivity contribution < 1.29 is 9.21 Å². The highest BCUT2D eigenvalue weighted by Crippen LogP contribution is 2.41. The van der Waals surface area contributed by atoms with Crippen LogP contribution in [0, 0.1) is 22.7 Å². The summed E-state index contributed by atoms with van der Waals surface area (Å²) in [6, 6.07) is 15.2. The molecule has 2 heterocycles. The maximum absolute atomic E-state index is 12.2. The Morgan fingerprint density at radius 1 is 1.22 bits per heavy atom. The van der Waals surface area contributed by atoms with Gasteiger partial charge in [0.2, 0.25) is 0 Å². The SMILES string of the molecule is CC(=O)C1=C(C)NC(SCc2ccc(C#N)cc2)=C(C#N)[C@@H]1c1ccco1. The summed E-state index contributed by atoms with van der Waals surface area (Å²) < 4.78 is 5.53. The third-order valence-corrected chi connectivity index (χ3v) is 5.41. The molecular weight excluding hydrogens is 358 g/mol. The first-order chi connectivity index (χ1) is 13.0. The topological polar surface area (TPSA) is 89.8 Å². The summed E-state index contributed by atoms with van der Waals surface area (Å²) in [5, 5.41) is 22.6. The Balaban J connectivity index is 1.93. The number of benzene rings is 1. The fourth-order valence-corrected chi connectivity index (χ4v) is 4.11.